The minimum absolute atomic E-state index is 0.758. The van der Waals surface area contributed by atoms with Crippen molar-refractivity contribution in [2.75, 3.05) is 19.6 Å². The molecule has 0 N–H and O–H groups in total. The summed E-state index contributed by atoms with van der Waals surface area (Å²) in [6.07, 6.45) is 7.54. The van der Waals surface area contributed by atoms with Crippen LogP contribution in [-0.4, -0.2) is 39.3 Å². The molecule has 1 saturated heterocycles. The van der Waals surface area contributed by atoms with Gasteiger partial charge in [0, 0.05) is 25.9 Å². The van der Waals surface area contributed by atoms with Crippen LogP contribution in [0.4, 0.5) is 0 Å². The summed E-state index contributed by atoms with van der Waals surface area (Å²) in [6, 6.07) is 0. The standard InChI is InChI=1S/C14H24N4/c1-12-5-6-14-15-13(16-18(14)11-12)7-10-17-8-3-2-4-9-17/h12H,2-11H2,1H3. The molecule has 0 radical (unpaired) electrons. The van der Waals surface area contributed by atoms with Crippen LogP contribution in [0.3, 0.4) is 0 Å². The van der Waals surface area contributed by atoms with E-state index in [9.17, 15) is 0 Å². The van der Waals surface area contributed by atoms with E-state index in [1.807, 2.05) is 0 Å². The van der Waals surface area contributed by atoms with Gasteiger partial charge in [-0.2, -0.15) is 5.10 Å². The van der Waals surface area contributed by atoms with E-state index in [2.05, 4.69) is 21.6 Å². The first-order valence-electron chi connectivity index (χ1n) is 7.46. The van der Waals surface area contributed by atoms with Crippen molar-refractivity contribution >= 4 is 0 Å². The minimum atomic E-state index is 0.758. The van der Waals surface area contributed by atoms with Gasteiger partial charge < -0.3 is 4.90 Å². The normalized spacial score (nSPS) is 25.1. The predicted molar refractivity (Wildman–Crippen MR) is 71.5 cm³/mol. The van der Waals surface area contributed by atoms with E-state index in [1.165, 1.54) is 44.6 Å². The molecule has 0 aliphatic carbocycles. The Kier molecular flexibility index (Phi) is 3.64. The van der Waals surface area contributed by atoms with Crippen LogP contribution in [0.25, 0.3) is 0 Å². The summed E-state index contributed by atoms with van der Waals surface area (Å²) in [6.45, 7) is 7.04. The Hall–Kier alpha value is -0.900. The number of fused-ring (bicyclic) bond motifs is 1. The van der Waals surface area contributed by atoms with E-state index in [-0.39, 0.29) is 0 Å². The van der Waals surface area contributed by atoms with Gasteiger partial charge in [0.1, 0.15) is 5.82 Å². The third-order valence-electron chi connectivity index (χ3n) is 4.24. The molecule has 0 amide bonds. The lowest BCUT2D eigenvalue weighted by molar-refractivity contribution is 0.230. The predicted octanol–water partition coefficient (Wildman–Crippen LogP) is 1.89. The van der Waals surface area contributed by atoms with E-state index in [0.29, 0.717) is 0 Å². The molecule has 0 aromatic carbocycles. The number of aromatic nitrogens is 3. The number of aryl methyl sites for hydroxylation is 1. The van der Waals surface area contributed by atoms with Gasteiger partial charge in [-0.05, 0) is 38.3 Å². The molecule has 2 aliphatic rings. The fourth-order valence-corrected chi connectivity index (χ4v) is 3.07. The second-order valence-electron chi connectivity index (χ2n) is 5.92. The average molecular weight is 248 g/mol. The average Bonchev–Trinajstić information content (AvgIpc) is 2.79. The van der Waals surface area contributed by atoms with E-state index >= 15 is 0 Å². The van der Waals surface area contributed by atoms with Gasteiger partial charge in [0.25, 0.3) is 0 Å². The molecule has 18 heavy (non-hydrogen) atoms. The highest BCUT2D eigenvalue weighted by atomic mass is 15.4. The molecular formula is C14H24N4. The zero-order valence-corrected chi connectivity index (χ0v) is 11.4. The quantitative estimate of drug-likeness (QED) is 0.819. The van der Waals surface area contributed by atoms with Crippen LogP contribution in [0, 0.1) is 5.92 Å². The second-order valence-corrected chi connectivity index (χ2v) is 5.92. The van der Waals surface area contributed by atoms with E-state index in [4.69, 9.17) is 4.98 Å². The van der Waals surface area contributed by atoms with Crippen LogP contribution < -0.4 is 0 Å². The smallest absolute Gasteiger partial charge is 0.152 e. The molecule has 4 heteroatoms. The van der Waals surface area contributed by atoms with Gasteiger partial charge in [-0.1, -0.05) is 13.3 Å². The Morgan fingerprint density at radius 2 is 2.06 bits per heavy atom. The van der Waals surface area contributed by atoms with Crippen molar-refractivity contribution < 1.29 is 0 Å². The fourth-order valence-electron chi connectivity index (χ4n) is 3.07. The maximum atomic E-state index is 4.69. The molecule has 3 heterocycles. The van der Waals surface area contributed by atoms with Crippen molar-refractivity contribution in [1.29, 1.82) is 0 Å². The number of rotatable bonds is 3. The van der Waals surface area contributed by atoms with Crippen molar-refractivity contribution in [1.82, 2.24) is 19.7 Å². The van der Waals surface area contributed by atoms with Crippen LogP contribution in [0.2, 0.25) is 0 Å². The first-order chi connectivity index (χ1) is 8.81. The molecule has 0 bridgehead atoms. The summed E-state index contributed by atoms with van der Waals surface area (Å²) >= 11 is 0. The first kappa shape index (κ1) is 12.2. The van der Waals surface area contributed by atoms with E-state index < -0.39 is 0 Å². The lowest BCUT2D eigenvalue weighted by Crippen LogP contribution is -2.31. The molecule has 1 aromatic heterocycles. The lowest BCUT2D eigenvalue weighted by atomic mass is 10.0. The van der Waals surface area contributed by atoms with Gasteiger partial charge in [-0.15, -0.1) is 0 Å². The van der Waals surface area contributed by atoms with Crippen LogP contribution in [0.15, 0.2) is 0 Å². The fraction of sp³-hybridized carbons (Fsp3) is 0.857. The topological polar surface area (TPSA) is 34.0 Å². The van der Waals surface area contributed by atoms with Crippen LogP contribution in [-0.2, 0) is 19.4 Å². The summed E-state index contributed by atoms with van der Waals surface area (Å²) in [5.41, 5.74) is 0. The SMILES string of the molecule is CC1CCc2nc(CCN3CCCCC3)nn2C1. The van der Waals surface area contributed by atoms with Crippen LogP contribution in [0.5, 0.6) is 0 Å². The van der Waals surface area contributed by atoms with E-state index in [1.54, 1.807) is 0 Å². The van der Waals surface area contributed by atoms with Gasteiger partial charge in [0.2, 0.25) is 0 Å². The van der Waals surface area contributed by atoms with Gasteiger partial charge in [-0.25, -0.2) is 9.67 Å². The molecule has 0 saturated carbocycles. The molecule has 3 rings (SSSR count). The molecule has 1 atom stereocenters. The van der Waals surface area contributed by atoms with Crippen molar-refractivity contribution in [3.05, 3.63) is 11.6 Å². The van der Waals surface area contributed by atoms with Crippen LogP contribution >= 0.6 is 0 Å². The zero-order chi connectivity index (χ0) is 12.4. The second kappa shape index (κ2) is 5.39. The number of hydrogen-bond donors (Lipinski definition) is 0. The van der Waals surface area contributed by atoms with Gasteiger partial charge in [0.05, 0.1) is 0 Å². The Balaban J connectivity index is 1.56. The Bertz CT molecular complexity index is 392. The van der Waals surface area contributed by atoms with Crippen LogP contribution in [0.1, 0.15) is 44.3 Å². The Morgan fingerprint density at radius 1 is 1.22 bits per heavy atom. The largest absolute Gasteiger partial charge is 0.303 e. The molecule has 1 unspecified atom stereocenters. The minimum Gasteiger partial charge on any atom is -0.303 e. The van der Waals surface area contributed by atoms with E-state index in [0.717, 1.165) is 37.7 Å². The van der Waals surface area contributed by atoms with Crippen molar-refractivity contribution in [3.63, 3.8) is 0 Å². The summed E-state index contributed by atoms with van der Waals surface area (Å²) < 4.78 is 2.14. The lowest BCUT2D eigenvalue weighted by Gasteiger charge is -2.25. The first-order valence-corrected chi connectivity index (χ1v) is 7.46. The zero-order valence-electron chi connectivity index (χ0n) is 11.4. The maximum absolute atomic E-state index is 4.69. The summed E-state index contributed by atoms with van der Waals surface area (Å²) in [7, 11) is 0. The molecule has 1 fully saturated rings. The van der Waals surface area contributed by atoms with Crippen molar-refractivity contribution in [2.45, 2.75) is 52.0 Å². The molecule has 4 nitrogen and oxygen atoms in total. The van der Waals surface area contributed by atoms with Crippen molar-refractivity contribution in [2.24, 2.45) is 5.92 Å². The highest BCUT2D eigenvalue weighted by molar-refractivity contribution is 4.97. The van der Waals surface area contributed by atoms with Crippen molar-refractivity contribution in [3.8, 4) is 0 Å². The highest BCUT2D eigenvalue weighted by Crippen LogP contribution is 2.18. The number of hydrogen-bond acceptors (Lipinski definition) is 3. The number of nitrogens with zero attached hydrogens (tertiary/aromatic N) is 4. The third-order valence-corrected chi connectivity index (χ3v) is 4.24. The van der Waals surface area contributed by atoms with Gasteiger partial charge in [0.15, 0.2) is 5.82 Å². The summed E-state index contributed by atoms with van der Waals surface area (Å²) in [5, 5.41) is 4.66. The highest BCUT2D eigenvalue weighted by Gasteiger charge is 2.19. The Morgan fingerprint density at radius 3 is 2.89 bits per heavy atom. The summed E-state index contributed by atoms with van der Waals surface area (Å²) in [5.74, 6) is 3.03. The molecule has 1 aromatic rings. The third kappa shape index (κ3) is 2.74. The number of piperidine rings is 1. The number of likely N-dealkylation sites (tertiary alicyclic amines) is 1. The monoisotopic (exact) mass is 248 g/mol. The molecule has 2 aliphatic heterocycles. The molecule has 0 spiro atoms. The van der Waals surface area contributed by atoms with Gasteiger partial charge >= 0.3 is 0 Å². The summed E-state index contributed by atoms with van der Waals surface area (Å²) in [4.78, 5) is 7.26. The molecular weight excluding hydrogens is 224 g/mol. The Labute approximate surface area is 109 Å². The molecule has 100 valence electrons. The van der Waals surface area contributed by atoms with Gasteiger partial charge in [-0.3, -0.25) is 0 Å². The maximum Gasteiger partial charge on any atom is 0.152 e.